The Balaban J connectivity index is 2.43. The van der Waals surface area contributed by atoms with Crippen molar-refractivity contribution in [1.29, 1.82) is 0 Å². The fraction of sp³-hybridized carbons (Fsp3) is 0. The van der Waals surface area contributed by atoms with Crippen molar-refractivity contribution in [3.63, 3.8) is 0 Å². The lowest BCUT2D eigenvalue weighted by molar-refractivity contribution is 0.628. The first-order valence-electron chi connectivity index (χ1n) is 3.53. The van der Waals surface area contributed by atoms with Crippen molar-refractivity contribution < 1.29 is 4.39 Å². The Hall–Kier alpha value is -1.64. The topological polar surface area (TPSA) is 28.7 Å². The third-order valence-corrected chi connectivity index (χ3v) is 1.58. The highest BCUT2D eigenvalue weighted by atomic mass is 19.1. The van der Waals surface area contributed by atoms with Crippen LogP contribution in [0.2, 0.25) is 0 Å². The first-order chi connectivity index (χ1) is 5.86. The van der Waals surface area contributed by atoms with Gasteiger partial charge in [0, 0.05) is 11.6 Å². The fourth-order valence-electron chi connectivity index (χ4n) is 0.990. The smallest absolute Gasteiger partial charge is 0.123 e. The molecule has 0 amide bonds. The molecule has 0 fully saturated rings. The van der Waals surface area contributed by atoms with Crippen LogP contribution in [0.1, 0.15) is 0 Å². The number of H-pyrrole nitrogens is 1. The summed E-state index contributed by atoms with van der Waals surface area (Å²) in [5.41, 5.74) is 1.66. The van der Waals surface area contributed by atoms with Gasteiger partial charge < -0.3 is 0 Å². The van der Waals surface area contributed by atoms with Crippen molar-refractivity contribution in [2.45, 2.75) is 0 Å². The van der Waals surface area contributed by atoms with Gasteiger partial charge in [-0.3, -0.25) is 5.10 Å². The summed E-state index contributed by atoms with van der Waals surface area (Å²) < 4.78 is 12.5. The van der Waals surface area contributed by atoms with Gasteiger partial charge in [0.2, 0.25) is 0 Å². The maximum absolute atomic E-state index is 12.5. The first-order valence-corrected chi connectivity index (χ1v) is 3.53. The van der Waals surface area contributed by atoms with E-state index in [0.29, 0.717) is 0 Å². The number of aromatic amines is 1. The number of nitrogens with zero attached hydrogens (tertiary/aromatic N) is 1. The molecule has 2 rings (SSSR count). The van der Waals surface area contributed by atoms with Crippen molar-refractivity contribution >= 4 is 0 Å². The van der Waals surface area contributed by atoms with Crippen molar-refractivity contribution in [2.75, 3.05) is 0 Å². The van der Waals surface area contributed by atoms with E-state index in [2.05, 4.69) is 16.3 Å². The quantitative estimate of drug-likeness (QED) is 0.681. The molecule has 1 aromatic heterocycles. The second-order valence-corrected chi connectivity index (χ2v) is 2.40. The van der Waals surface area contributed by atoms with Gasteiger partial charge in [-0.1, -0.05) is 0 Å². The summed E-state index contributed by atoms with van der Waals surface area (Å²) in [5, 5.41) is 6.49. The summed E-state index contributed by atoms with van der Waals surface area (Å²) in [4.78, 5) is 0. The number of nitrogens with one attached hydrogen (secondary N) is 1. The van der Waals surface area contributed by atoms with Crippen LogP contribution >= 0.6 is 0 Å². The van der Waals surface area contributed by atoms with Gasteiger partial charge in [-0.2, -0.15) is 5.10 Å². The van der Waals surface area contributed by atoms with Crippen LogP contribution in [0.25, 0.3) is 11.3 Å². The van der Waals surface area contributed by atoms with E-state index in [0.717, 1.165) is 11.3 Å². The average molecular weight is 161 g/mol. The van der Waals surface area contributed by atoms with Gasteiger partial charge in [0.05, 0.1) is 11.9 Å². The Morgan fingerprint density at radius 1 is 1.25 bits per heavy atom. The number of aromatic nitrogens is 2. The zero-order valence-electron chi connectivity index (χ0n) is 6.21. The van der Waals surface area contributed by atoms with Gasteiger partial charge in [-0.05, 0) is 24.3 Å². The molecule has 2 aromatic rings. The van der Waals surface area contributed by atoms with Crippen LogP contribution in [0.5, 0.6) is 0 Å². The third kappa shape index (κ3) is 1.21. The predicted octanol–water partition coefficient (Wildman–Crippen LogP) is 2.02. The molecule has 0 atom stereocenters. The Bertz CT molecular complexity index is 351. The molecule has 0 spiro atoms. The molecular formula is C9H6FN2. The van der Waals surface area contributed by atoms with Gasteiger partial charge in [0.1, 0.15) is 5.82 Å². The Morgan fingerprint density at radius 2 is 2.00 bits per heavy atom. The summed E-state index contributed by atoms with van der Waals surface area (Å²) >= 11 is 0. The number of hydrogen-bond acceptors (Lipinski definition) is 1. The molecule has 1 heterocycles. The van der Waals surface area contributed by atoms with E-state index < -0.39 is 0 Å². The minimum atomic E-state index is -0.238. The molecular weight excluding hydrogens is 155 g/mol. The van der Waals surface area contributed by atoms with Crippen molar-refractivity contribution in [3.05, 3.63) is 42.3 Å². The Morgan fingerprint density at radius 3 is 2.58 bits per heavy atom. The minimum Gasteiger partial charge on any atom is -0.277 e. The lowest BCUT2D eigenvalue weighted by Gasteiger charge is -1.94. The lowest BCUT2D eigenvalue weighted by atomic mass is 10.1. The zero-order valence-corrected chi connectivity index (χ0v) is 6.21. The molecule has 1 radical (unpaired) electrons. The normalized spacial score (nSPS) is 10.1. The monoisotopic (exact) mass is 161 g/mol. The van der Waals surface area contributed by atoms with Crippen LogP contribution < -0.4 is 0 Å². The summed E-state index contributed by atoms with van der Waals surface area (Å²) in [5.74, 6) is -0.238. The molecule has 2 nitrogen and oxygen atoms in total. The van der Waals surface area contributed by atoms with E-state index in [-0.39, 0.29) is 5.82 Å². The maximum atomic E-state index is 12.5. The van der Waals surface area contributed by atoms with Crippen LogP contribution in [-0.4, -0.2) is 10.2 Å². The van der Waals surface area contributed by atoms with Crippen LogP contribution in [0.4, 0.5) is 4.39 Å². The molecule has 0 bridgehead atoms. The highest BCUT2D eigenvalue weighted by Gasteiger charge is 1.97. The Labute approximate surface area is 69.1 Å². The second-order valence-electron chi connectivity index (χ2n) is 2.40. The van der Waals surface area contributed by atoms with Crippen molar-refractivity contribution in [2.24, 2.45) is 0 Å². The molecule has 0 saturated carbocycles. The number of halogens is 1. The minimum absolute atomic E-state index is 0.238. The van der Waals surface area contributed by atoms with Crippen molar-refractivity contribution in [1.82, 2.24) is 10.2 Å². The molecule has 0 aliphatic heterocycles. The maximum Gasteiger partial charge on any atom is 0.123 e. The molecule has 0 aliphatic carbocycles. The molecule has 0 aliphatic rings. The molecule has 1 N–H and O–H groups in total. The predicted molar refractivity (Wildman–Crippen MR) is 42.8 cm³/mol. The van der Waals surface area contributed by atoms with Crippen LogP contribution in [0.3, 0.4) is 0 Å². The molecule has 0 saturated heterocycles. The van der Waals surface area contributed by atoms with E-state index in [1.54, 1.807) is 18.3 Å². The summed E-state index contributed by atoms with van der Waals surface area (Å²) in [6.07, 6.45) is 1.54. The van der Waals surface area contributed by atoms with Gasteiger partial charge in [-0.25, -0.2) is 4.39 Å². The summed E-state index contributed by atoms with van der Waals surface area (Å²) in [7, 11) is 0. The van der Waals surface area contributed by atoms with Crippen LogP contribution in [0, 0.1) is 11.9 Å². The van der Waals surface area contributed by atoms with Crippen LogP contribution in [-0.2, 0) is 0 Å². The molecule has 0 unspecified atom stereocenters. The standard InChI is InChI=1S/C9H6FN2/c10-8-3-1-7(2-4-8)9-5-6-11-12-9/h1-4,6H,(H,11,12). The second kappa shape index (κ2) is 2.77. The van der Waals surface area contributed by atoms with E-state index >= 15 is 0 Å². The highest BCUT2D eigenvalue weighted by molar-refractivity contribution is 5.57. The number of benzene rings is 1. The van der Waals surface area contributed by atoms with Gasteiger partial charge >= 0.3 is 0 Å². The largest absolute Gasteiger partial charge is 0.277 e. The highest BCUT2D eigenvalue weighted by Crippen LogP contribution is 2.14. The third-order valence-electron chi connectivity index (χ3n) is 1.58. The molecule has 1 aromatic carbocycles. The van der Waals surface area contributed by atoms with Gasteiger partial charge in [0.25, 0.3) is 0 Å². The first kappa shape index (κ1) is 7.03. The number of hydrogen-bond donors (Lipinski definition) is 1. The van der Waals surface area contributed by atoms with E-state index in [1.807, 2.05) is 0 Å². The fourth-order valence-corrected chi connectivity index (χ4v) is 0.990. The summed E-state index contributed by atoms with van der Waals surface area (Å²) in [6, 6.07) is 9.06. The van der Waals surface area contributed by atoms with E-state index in [9.17, 15) is 4.39 Å². The van der Waals surface area contributed by atoms with Gasteiger partial charge in [-0.15, -0.1) is 0 Å². The lowest BCUT2D eigenvalue weighted by Crippen LogP contribution is -1.78. The average Bonchev–Trinajstić information content (AvgIpc) is 2.58. The summed E-state index contributed by atoms with van der Waals surface area (Å²) in [6.45, 7) is 0. The van der Waals surface area contributed by atoms with E-state index in [4.69, 9.17) is 0 Å². The molecule has 59 valence electrons. The van der Waals surface area contributed by atoms with E-state index in [1.165, 1.54) is 12.1 Å². The Kier molecular flexibility index (Phi) is 1.63. The van der Waals surface area contributed by atoms with Crippen LogP contribution in [0.15, 0.2) is 30.5 Å². The molecule has 12 heavy (non-hydrogen) atoms. The van der Waals surface area contributed by atoms with Gasteiger partial charge in [0.15, 0.2) is 0 Å². The molecule has 3 heteroatoms. The zero-order chi connectivity index (χ0) is 8.39. The van der Waals surface area contributed by atoms with Crippen molar-refractivity contribution in [3.8, 4) is 11.3 Å². The SMILES string of the molecule is Fc1ccc(-c2[c]cn[nH]2)cc1. The number of rotatable bonds is 1.